The predicted octanol–water partition coefficient (Wildman–Crippen LogP) is 3.57. The van der Waals surface area contributed by atoms with E-state index < -0.39 is 0 Å². The van der Waals surface area contributed by atoms with Crippen LogP contribution in [0.3, 0.4) is 0 Å². The van der Waals surface area contributed by atoms with Crippen LogP contribution in [0.4, 0.5) is 5.69 Å². The van der Waals surface area contributed by atoms with Crippen molar-refractivity contribution in [2.24, 2.45) is 0 Å². The summed E-state index contributed by atoms with van der Waals surface area (Å²) in [6.45, 7) is 9.78. The first-order valence-corrected chi connectivity index (χ1v) is 11.4. The number of oxazole rings is 1. The lowest BCUT2D eigenvalue weighted by molar-refractivity contribution is 0.0612. The van der Waals surface area contributed by atoms with Gasteiger partial charge in [0.1, 0.15) is 5.52 Å². The van der Waals surface area contributed by atoms with E-state index in [0.29, 0.717) is 18.0 Å². The van der Waals surface area contributed by atoms with E-state index in [0.717, 1.165) is 71.8 Å². The van der Waals surface area contributed by atoms with Crippen molar-refractivity contribution in [1.82, 2.24) is 24.8 Å². The van der Waals surface area contributed by atoms with Gasteiger partial charge in [0.25, 0.3) is 0 Å². The summed E-state index contributed by atoms with van der Waals surface area (Å²) in [7, 11) is 2.22. The molecular weight excluding hydrogens is 400 g/mol. The molecule has 3 aromatic heterocycles. The summed E-state index contributed by atoms with van der Waals surface area (Å²) in [6, 6.07) is 13.5. The van der Waals surface area contributed by atoms with Gasteiger partial charge in [-0.25, -0.2) is 9.97 Å². The third kappa shape index (κ3) is 3.42. The van der Waals surface area contributed by atoms with Crippen LogP contribution in [0.25, 0.3) is 33.4 Å². The van der Waals surface area contributed by atoms with Gasteiger partial charge in [-0.1, -0.05) is 0 Å². The number of hydrogen-bond acceptors (Lipinski definition) is 7. The van der Waals surface area contributed by atoms with Crippen LogP contribution in [0, 0.1) is 6.92 Å². The molecule has 1 aromatic carbocycles. The van der Waals surface area contributed by atoms with Gasteiger partial charge in [-0.05, 0) is 50.4 Å². The zero-order chi connectivity index (χ0) is 21.8. The number of rotatable bonds is 3. The van der Waals surface area contributed by atoms with E-state index in [4.69, 9.17) is 9.40 Å². The molecule has 4 aromatic rings. The lowest BCUT2D eigenvalue weighted by Gasteiger charge is -2.50. The normalized spacial score (nSPS) is 20.8. The number of aromatic nitrogens is 3. The molecule has 6 rings (SSSR count). The topological polar surface area (TPSA) is 61.5 Å². The van der Waals surface area contributed by atoms with E-state index in [2.05, 4.69) is 44.7 Å². The molecule has 164 valence electrons. The van der Waals surface area contributed by atoms with Crippen LogP contribution in [0.15, 0.2) is 47.0 Å². The van der Waals surface area contributed by atoms with Crippen LogP contribution < -0.4 is 4.90 Å². The lowest BCUT2D eigenvalue weighted by Crippen LogP contribution is -2.64. The first-order chi connectivity index (χ1) is 15.5. The maximum Gasteiger partial charge on any atom is 0.192 e. The Balaban J connectivity index is 1.22. The minimum Gasteiger partial charge on any atom is -0.441 e. The lowest BCUT2D eigenvalue weighted by atomic mass is 10.0. The molecule has 2 aliphatic rings. The number of nitrogens with zero attached hydrogens (tertiary/aromatic N) is 6. The minimum atomic E-state index is 0.628. The third-order valence-corrected chi connectivity index (χ3v) is 7.05. The second-order valence-corrected chi connectivity index (χ2v) is 9.23. The second-order valence-electron chi connectivity index (χ2n) is 9.23. The van der Waals surface area contributed by atoms with Crippen molar-refractivity contribution in [2.75, 3.05) is 44.7 Å². The van der Waals surface area contributed by atoms with Gasteiger partial charge in [-0.15, -0.1) is 0 Å². The Labute approximate surface area is 187 Å². The van der Waals surface area contributed by atoms with Gasteiger partial charge >= 0.3 is 0 Å². The average molecular weight is 429 g/mol. The van der Waals surface area contributed by atoms with E-state index in [1.165, 1.54) is 0 Å². The standard InChI is InChI=1S/C25H28N6O/c1-16-13-30(9-8-29(16)3)20-14-31(15-20)19-11-23-22(26-12-19)6-5-21(28-23)18-4-7-25-24(10-18)27-17(2)32-25/h4-7,10-12,16,20H,8-9,13-15H2,1-3H3/t16-/m1/s1. The van der Waals surface area contributed by atoms with Crippen LogP contribution >= 0.6 is 0 Å². The largest absolute Gasteiger partial charge is 0.441 e. The molecule has 2 aliphatic heterocycles. The van der Waals surface area contributed by atoms with Gasteiger partial charge < -0.3 is 14.2 Å². The quantitative estimate of drug-likeness (QED) is 0.494. The van der Waals surface area contributed by atoms with Gasteiger partial charge in [0.05, 0.1) is 28.6 Å². The number of likely N-dealkylation sites (N-methyl/N-ethyl adjacent to an activating group) is 1. The summed E-state index contributed by atoms with van der Waals surface area (Å²) in [5.74, 6) is 0.677. The number of piperazine rings is 1. The zero-order valence-electron chi connectivity index (χ0n) is 18.8. The summed E-state index contributed by atoms with van der Waals surface area (Å²) >= 11 is 0. The highest BCUT2D eigenvalue weighted by Crippen LogP contribution is 2.29. The molecule has 5 heterocycles. The smallest absolute Gasteiger partial charge is 0.192 e. The molecule has 0 N–H and O–H groups in total. The highest BCUT2D eigenvalue weighted by molar-refractivity contribution is 5.84. The van der Waals surface area contributed by atoms with Gasteiger partial charge in [-0.3, -0.25) is 9.88 Å². The summed E-state index contributed by atoms with van der Waals surface area (Å²) in [6.07, 6.45) is 1.98. The Kier molecular flexibility index (Phi) is 4.62. The summed E-state index contributed by atoms with van der Waals surface area (Å²) in [5.41, 5.74) is 6.62. The van der Waals surface area contributed by atoms with E-state index in [9.17, 15) is 0 Å². The first kappa shape index (κ1) is 19.6. The van der Waals surface area contributed by atoms with Crippen molar-refractivity contribution < 1.29 is 4.42 Å². The summed E-state index contributed by atoms with van der Waals surface area (Å²) in [4.78, 5) is 21.6. The van der Waals surface area contributed by atoms with Gasteiger partial charge in [-0.2, -0.15) is 0 Å². The SMILES string of the molecule is Cc1nc2cc(-c3ccc4ncc(N5CC(N6CCN(C)[C@H](C)C6)C5)cc4n3)ccc2o1. The van der Waals surface area contributed by atoms with Crippen molar-refractivity contribution in [1.29, 1.82) is 0 Å². The molecule has 7 nitrogen and oxygen atoms in total. The van der Waals surface area contributed by atoms with Crippen molar-refractivity contribution in [3.05, 3.63) is 48.5 Å². The Hall–Kier alpha value is -3.03. The van der Waals surface area contributed by atoms with Crippen molar-refractivity contribution in [3.8, 4) is 11.3 Å². The van der Waals surface area contributed by atoms with Crippen molar-refractivity contribution >= 4 is 27.8 Å². The number of anilines is 1. The fourth-order valence-corrected chi connectivity index (χ4v) is 4.84. The third-order valence-electron chi connectivity index (χ3n) is 7.05. The molecule has 0 amide bonds. The van der Waals surface area contributed by atoms with Crippen LogP contribution in [0.1, 0.15) is 12.8 Å². The van der Waals surface area contributed by atoms with E-state index >= 15 is 0 Å². The fraction of sp³-hybridized carbons (Fsp3) is 0.400. The van der Waals surface area contributed by atoms with Gasteiger partial charge in [0, 0.05) is 57.3 Å². The molecule has 1 atom stereocenters. The molecule has 0 radical (unpaired) electrons. The molecule has 0 aliphatic carbocycles. The number of hydrogen-bond donors (Lipinski definition) is 0. The number of pyridine rings is 2. The predicted molar refractivity (Wildman–Crippen MR) is 127 cm³/mol. The van der Waals surface area contributed by atoms with E-state index in [-0.39, 0.29) is 0 Å². The number of aryl methyl sites for hydroxylation is 1. The maximum absolute atomic E-state index is 5.60. The van der Waals surface area contributed by atoms with Crippen molar-refractivity contribution in [2.45, 2.75) is 25.9 Å². The average Bonchev–Trinajstić information content (AvgIpc) is 3.14. The molecular formula is C25H28N6O. The van der Waals surface area contributed by atoms with Crippen LogP contribution in [-0.2, 0) is 0 Å². The molecule has 0 unspecified atom stereocenters. The number of benzene rings is 1. The molecule has 7 heteroatoms. The monoisotopic (exact) mass is 428 g/mol. The Bertz CT molecular complexity index is 1290. The maximum atomic E-state index is 5.60. The van der Waals surface area contributed by atoms with E-state index in [1.54, 1.807) is 0 Å². The van der Waals surface area contributed by atoms with Crippen LogP contribution in [0.5, 0.6) is 0 Å². The molecule has 32 heavy (non-hydrogen) atoms. The second kappa shape index (κ2) is 7.53. The zero-order valence-corrected chi connectivity index (χ0v) is 18.8. The first-order valence-electron chi connectivity index (χ1n) is 11.4. The summed E-state index contributed by atoms with van der Waals surface area (Å²) in [5, 5.41) is 0. The van der Waals surface area contributed by atoms with Gasteiger partial charge in [0.15, 0.2) is 11.5 Å². The van der Waals surface area contributed by atoms with E-state index in [1.807, 2.05) is 43.5 Å². The highest BCUT2D eigenvalue weighted by atomic mass is 16.3. The Morgan fingerprint density at radius 2 is 1.81 bits per heavy atom. The molecule has 0 spiro atoms. The fourth-order valence-electron chi connectivity index (χ4n) is 4.84. The number of fused-ring (bicyclic) bond motifs is 2. The molecule has 0 saturated carbocycles. The molecule has 2 fully saturated rings. The molecule has 2 saturated heterocycles. The van der Waals surface area contributed by atoms with Crippen LogP contribution in [0.2, 0.25) is 0 Å². The Morgan fingerprint density at radius 1 is 0.938 bits per heavy atom. The highest BCUT2D eigenvalue weighted by Gasteiger charge is 2.35. The van der Waals surface area contributed by atoms with Gasteiger partial charge in [0.2, 0.25) is 0 Å². The van der Waals surface area contributed by atoms with Crippen molar-refractivity contribution in [3.63, 3.8) is 0 Å². The molecule has 0 bridgehead atoms. The summed E-state index contributed by atoms with van der Waals surface area (Å²) < 4.78 is 5.60. The minimum absolute atomic E-state index is 0.628. The Morgan fingerprint density at radius 3 is 2.66 bits per heavy atom. The van der Waals surface area contributed by atoms with Crippen LogP contribution in [-0.4, -0.2) is 76.6 Å².